The van der Waals surface area contributed by atoms with Crippen LogP contribution >= 0.6 is 15.9 Å². The van der Waals surface area contributed by atoms with Crippen LogP contribution in [-0.2, 0) is 0 Å². The lowest BCUT2D eigenvalue weighted by Gasteiger charge is -2.13. The Balaban J connectivity index is 2.79. The molecule has 0 spiro atoms. The van der Waals surface area contributed by atoms with E-state index in [1.165, 1.54) is 12.1 Å². The van der Waals surface area contributed by atoms with Crippen molar-refractivity contribution < 1.29 is 8.78 Å². The summed E-state index contributed by atoms with van der Waals surface area (Å²) in [6.07, 6.45) is 0. The lowest BCUT2D eigenvalue weighted by atomic mass is 10.0. The quantitative estimate of drug-likeness (QED) is 0.833. The van der Waals surface area contributed by atoms with E-state index in [0.29, 0.717) is 11.4 Å². The van der Waals surface area contributed by atoms with Gasteiger partial charge in [-0.25, -0.2) is 18.7 Å². The minimum Gasteiger partial charge on any atom is -0.383 e. The second-order valence-corrected chi connectivity index (χ2v) is 5.67. The molecule has 2 aromatic rings. The van der Waals surface area contributed by atoms with Crippen LogP contribution in [0.25, 0.3) is 11.3 Å². The average Bonchev–Trinajstić information content (AvgIpc) is 2.38. The molecule has 3 nitrogen and oxygen atoms in total. The maximum absolute atomic E-state index is 14.2. The number of hydrogen-bond donors (Lipinski definition) is 1. The van der Waals surface area contributed by atoms with Gasteiger partial charge in [0.2, 0.25) is 0 Å². The third kappa shape index (κ3) is 2.52. The predicted octanol–water partition coefficient (Wildman–Crippen LogP) is 4.20. The number of benzene rings is 1. The fraction of sp³-hybridized carbons (Fsp3) is 0.286. The zero-order valence-electron chi connectivity index (χ0n) is 11.3. The van der Waals surface area contributed by atoms with Crippen molar-refractivity contribution in [1.82, 2.24) is 9.97 Å². The van der Waals surface area contributed by atoms with Gasteiger partial charge in [-0.2, -0.15) is 0 Å². The Morgan fingerprint density at radius 3 is 2.45 bits per heavy atom. The van der Waals surface area contributed by atoms with Gasteiger partial charge in [-0.15, -0.1) is 0 Å². The molecule has 0 unspecified atom stereocenters. The lowest BCUT2D eigenvalue weighted by Crippen LogP contribution is -2.07. The molecule has 1 aromatic heterocycles. The number of aromatic nitrogens is 2. The highest BCUT2D eigenvalue weighted by atomic mass is 79.9. The maximum atomic E-state index is 14.2. The first-order valence-corrected chi connectivity index (χ1v) is 6.90. The van der Waals surface area contributed by atoms with E-state index in [-0.39, 0.29) is 27.5 Å². The van der Waals surface area contributed by atoms with Crippen LogP contribution in [0.5, 0.6) is 0 Å². The van der Waals surface area contributed by atoms with Gasteiger partial charge in [0.05, 0.1) is 15.7 Å². The zero-order chi connectivity index (χ0) is 15.0. The molecule has 1 aromatic carbocycles. The van der Waals surface area contributed by atoms with E-state index in [4.69, 9.17) is 5.73 Å². The van der Waals surface area contributed by atoms with Gasteiger partial charge in [-0.3, -0.25) is 0 Å². The standard InChI is InChI=1S/C14H14BrF2N3/c1-6(2)14-19-12(7(3)13(18)20-14)10-9(16)5-4-8(15)11(10)17/h4-6H,1-3H3,(H2,18,19,20). The van der Waals surface area contributed by atoms with Crippen LogP contribution in [0, 0.1) is 18.6 Å². The summed E-state index contributed by atoms with van der Waals surface area (Å²) in [5.74, 6) is -0.670. The smallest absolute Gasteiger partial charge is 0.149 e. The molecule has 0 amide bonds. The summed E-state index contributed by atoms with van der Waals surface area (Å²) in [6, 6.07) is 2.51. The number of nitrogens with zero attached hydrogens (tertiary/aromatic N) is 2. The third-order valence-corrected chi connectivity index (χ3v) is 3.61. The van der Waals surface area contributed by atoms with Gasteiger partial charge in [-0.1, -0.05) is 13.8 Å². The number of nitrogens with two attached hydrogens (primary N) is 1. The molecule has 106 valence electrons. The first-order chi connectivity index (χ1) is 9.32. The van der Waals surface area contributed by atoms with Crippen molar-refractivity contribution in [2.75, 3.05) is 5.73 Å². The summed E-state index contributed by atoms with van der Waals surface area (Å²) in [7, 11) is 0. The molecular formula is C14H14BrF2N3. The van der Waals surface area contributed by atoms with Crippen LogP contribution in [-0.4, -0.2) is 9.97 Å². The summed E-state index contributed by atoms with van der Waals surface area (Å²) < 4.78 is 28.4. The second kappa shape index (κ2) is 5.44. The molecular weight excluding hydrogens is 328 g/mol. The molecule has 2 rings (SSSR count). The summed E-state index contributed by atoms with van der Waals surface area (Å²) in [6.45, 7) is 5.43. The van der Waals surface area contributed by atoms with Gasteiger partial charge in [0, 0.05) is 11.5 Å². The minimum atomic E-state index is -0.694. The molecule has 0 aliphatic rings. The van der Waals surface area contributed by atoms with Crippen molar-refractivity contribution in [3.63, 3.8) is 0 Å². The highest BCUT2D eigenvalue weighted by Crippen LogP contribution is 2.33. The fourth-order valence-electron chi connectivity index (χ4n) is 1.80. The van der Waals surface area contributed by atoms with Crippen molar-refractivity contribution in [2.45, 2.75) is 26.7 Å². The fourth-order valence-corrected chi connectivity index (χ4v) is 2.13. The van der Waals surface area contributed by atoms with Gasteiger partial charge in [0.25, 0.3) is 0 Å². The Labute approximate surface area is 124 Å². The molecule has 0 saturated heterocycles. The van der Waals surface area contributed by atoms with Crippen LogP contribution in [0.4, 0.5) is 14.6 Å². The van der Waals surface area contributed by atoms with E-state index in [1.807, 2.05) is 13.8 Å². The molecule has 0 aliphatic carbocycles. The van der Waals surface area contributed by atoms with Crippen molar-refractivity contribution in [1.29, 1.82) is 0 Å². The Morgan fingerprint density at radius 2 is 1.85 bits per heavy atom. The Hall–Kier alpha value is -1.56. The molecule has 0 fully saturated rings. The normalized spacial score (nSPS) is 11.2. The van der Waals surface area contributed by atoms with Crippen molar-refractivity contribution >= 4 is 21.7 Å². The van der Waals surface area contributed by atoms with Gasteiger partial charge in [-0.05, 0) is 35.0 Å². The number of nitrogen functional groups attached to an aromatic ring is 1. The molecule has 6 heteroatoms. The highest BCUT2D eigenvalue weighted by molar-refractivity contribution is 9.10. The van der Waals surface area contributed by atoms with E-state index in [9.17, 15) is 8.78 Å². The van der Waals surface area contributed by atoms with Gasteiger partial charge >= 0.3 is 0 Å². The lowest BCUT2D eigenvalue weighted by molar-refractivity contribution is 0.583. The molecule has 0 radical (unpaired) electrons. The summed E-state index contributed by atoms with van der Waals surface area (Å²) >= 11 is 3.05. The molecule has 2 N–H and O–H groups in total. The van der Waals surface area contributed by atoms with E-state index in [2.05, 4.69) is 25.9 Å². The SMILES string of the molecule is Cc1c(N)nc(C(C)C)nc1-c1c(F)ccc(Br)c1F. The number of hydrogen-bond acceptors (Lipinski definition) is 3. The number of rotatable bonds is 2. The van der Waals surface area contributed by atoms with Crippen LogP contribution in [0.3, 0.4) is 0 Å². The van der Waals surface area contributed by atoms with Crippen molar-refractivity contribution in [3.8, 4) is 11.3 Å². The summed E-state index contributed by atoms with van der Waals surface area (Å²) in [4.78, 5) is 8.42. The molecule has 0 bridgehead atoms. The Bertz CT molecular complexity index is 672. The molecule has 0 saturated carbocycles. The van der Waals surface area contributed by atoms with Crippen LogP contribution < -0.4 is 5.73 Å². The molecule has 20 heavy (non-hydrogen) atoms. The molecule has 0 aliphatic heterocycles. The topological polar surface area (TPSA) is 51.8 Å². The number of halogens is 3. The monoisotopic (exact) mass is 341 g/mol. The van der Waals surface area contributed by atoms with E-state index >= 15 is 0 Å². The van der Waals surface area contributed by atoms with Crippen LogP contribution in [0.2, 0.25) is 0 Å². The largest absolute Gasteiger partial charge is 0.383 e. The molecule has 1 heterocycles. The second-order valence-electron chi connectivity index (χ2n) is 4.81. The van der Waals surface area contributed by atoms with Crippen molar-refractivity contribution in [2.24, 2.45) is 0 Å². The van der Waals surface area contributed by atoms with E-state index < -0.39 is 11.6 Å². The zero-order valence-corrected chi connectivity index (χ0v) is 12.9. The van der Waals surface area contributed by atoms with Crippen LogP contribution in [0.15, 0.2) is 16.6 Å². The first kappa shape index (κ1) is 14.8. The van der Waals surface area contributed by atoms with Crippen molar-refractivity contribution in [3.05, 3.63) is 39.6 Å². The minimum absolute atomic E-state index is 0.00919. The van der Waals surface area contributed by atoms with E-state index in [0.717, 1.165) is 0 Å². The number of anilines is 1. The van der Waals surface area contributed by atoms with Gasteiger partial charge in [0.15, 0.2) is 0 Å². The summed E-state index contributed by atoms with van der Waals surface area (Å²) in [5.41, 5.74) is 6.30. The Kier molecular flexibility index (Phi) is 4.04. The maximum Gasteiger partial charge on any atom is 0.149 e. The highest BCUT2D eigenvalue weighted by Gasteiger charge is 2.20. The third-order valence-electron chi connectivity index (χ3n) is 3.00. The Morgan fingerprint density at radius 1 is 1.20 bits per heavy atom. The predicted molar refractivity (Wildman–Crippen MR) is 78.3 cm³/mol. The van der Waals surface area contributed by atoms with Crippen LogP contribution in [0.1, 0.15) is 31.2 Å². The average molecular weight is 342 g/mol. The molecule has 0 atom stereocenters. The van der Waals surface area contributed by atoms with E-state index in [1.54, 1.807) is 6.92 Å². The first-order valence-electron chi connectivity index (χ1n) is 6.10. The van der Waals surface area contributed by atoms with Gasteiger partial charge < -0.3 is 5.73 Å². The summed E-state index contributed by atoms with van der Waals surface area (Å²) in [5, 5.41) is 0. The van der Waals surface area contributed by atoms with Gasteiger partial charge in [0.1, 0.15) is 23.3 Å².